The molecule has 5 heteroatoms. The highest BCUT2D eigenvalue weighted by atomic mass is 15.2. The van der Waals surface area contributed by atoms with Crippen LogP contribution in [0, 0.1) is 17.8 Å². The fourth-order valence-corrected chi connectivity index (χ4v) is 7.27. The summed E-state index contributed by atoms with van der Waals surface area (Å²) in [6, 6.07) is 11.0. The van der Waals surface area contributed by atoms with E-state index in [1.807, 2.05) is 13.1 Å². The first-order chi connectivity index (χ1) is 22.8. The molecule has 3 aliphatic rings. The van der Waals surface area contributed by atoms with Crippen LogP contribution in [0.2, 0.25) is 0 Å². The van der Waals surface area contributed by atoms with Crippen LogP contribution in [0.15, 0.2) is 111 Å². The van der Waals surface area contributed by atoms with E-state index in [4.69, 9.17) is 9.98 Å². The van der Waals surface area contributed by atoms with E-state index in [0.717, 1.165) is 57.0 Å². The molecule has 4 rings (SSSR count). The van der Waals surface area contributed by atoms with E-state index in [1.165, 1.54) is 52.8 Å². The van der Waals surface area contributed by atoms with E-state index in [9.17, 15) is 0 Å². The van der Waals surface area contributed by atoms with Gasteiger partial charge in [-0.3, -0.25) is 9.98 Å². The summed E-state index contributed by atoms with van der Waals surface area (Å²) in [5.41, 5.74) is 8.07. The molecule has 1 aromatic rings. The zero-order valence-electron chi connectivity index (χ0n) is 30.4. The van der Waals surface area contributed by atoms with Crippen molar-refractivity contribution < 1.29 is 0 Å². The van der Waals surface area contributed by atoms with Crippen LogP contribution in [0.25, 0.3) is 0 Å². The predicted molar refractivity (Wildman–Crippen MR) is 204 cm³/mol. The van der Waals surface area contributed by atoms with Gasteiger partial charge >= 0.3 is 0 Å². The zero-order chi connectivity index (χ0) is 33.8. The summed E-state index contributed by atoms with van der Waals surface area (Å²) in [7, 11) is 4.19. The van der Waals surface area contributed by atoms with Crippen LogP contribution in [0.4, 0.5) is 0 Å². The highest BCUT2D eigenvalue weighted by Gasteiger charge is 2.43. The van der Waals surface area contributed by atoms with Crippen LogP contribution in [-0.2, 0) is 0 Å². The van der Waals surface area contributed by atoms with Crippen molar-refractivity contribution in [3.05, 3.63) is 107 Å². The Kier molecular flexibility index (Phi) is 14.1. The summed E-state index contributed by atoms with van der Waals surface area (Å²) in [6.45, 7) is 18.2. The Bertz CT molecular complexity index is 1410. The van der Waals surface area contributed by atoms with Gasteiger partial charge in [0.15, 0.2) is 0 Å². The maximum Gasteiger partial charge on any atom is 0.129 e. The van der Waals surface area contributed by atoms with Gasteiger partial charge in [0.2, 0.25) is 0 Å². The molecular weight excluding hydrogens is 574 g/mol. The lowest BCUT2D eigenvalue weighted by Crippen LogP contribution is -2.48. The number of dihydropyridines is 1. The van der Waals surface area contributed by atoms with Crippen LogP contribution in [-0.4, -0.2) is 56.3 Å². The number of allylic oxidation sites excluding steroid dienone is 8. The number of nitrogens with zero attached hydrogens (tertiary/aromatic N) is 3. The standard InChI is InChI=1S/C42H61N5/c1-9-11-15-22-31(4)36-38(35-25-18-14-19-26-35)39-40(46-41(36)43-7)37(34-23-16-13-17-24-34)33(6)45-42(39)47(8)28-20-27-44-29-32(5)30(3)21-12-10-2/h10,12-13,16-18,21,23-26,30,32-33,37-38,44H,2,9,11,14-15,19-20,22,27-29H2,1,3-8H3,(H,43,46)/b21-12?,36-31-. The quantitative estimate of drug-likeness (QED) is 0.149. The molecule has 5 unspecified atom stereocenters. The second kappa shape index (κ2) is 18.2. The highest BCUT2D eigenvalue weighted by molar-refractivity contribution is 6.11. The van der Waals surface area contributed by atoms with Gasteiger partial charge in [-0.1, -0.05) is 113 Å². The van der Waals surface area contributed by atoms with Crippen molar-refractivity contribution in [2.45, 2.75) is 91.5 Å². The van der Waals surface area contributed by atoms with E-state index >= 15 is 0 Å². The Hall–Kier alpha value is -3.44. The average Bonchev–Trinajstić information content (AvgIpc) is 3.09. The maximum absolute atomic E-state index is 5.56. The van der Waals surface area contributed by atoms with Crippen molar-refractivity contribution in [3.8, 4) is 0 Å². The van der Waals surface area contributed by atoms with Gasteiger partial charge in [0.25, 0.3) is 0 Å². The summed E-state index contributed by atoms with van der Waals surface area (Å²) in [5, 5.41) is 7.68. The van der Waals surface area contributed by atoms with Crippen LogP contribution in [0.5, 0.6) is 0 Å². The molecule has 0 amide bonds. The van der Waals surface area contributed by atoms with Crippen molar-refractivity contribution in [1.82, 2.24) is 15.5 Å². The van der Waals surface area contributed by atoms with Crippen molar-refractivity contribution in [3.63, 3.8) is 0 Å². The Labute approximate surface area is 286 Å². The third kappa shape index (κ3) is 9.13. The Morgan fingerprint density at radius 3 is 2.64 bits per heavy atom. The second-order valence-electron chi connectivity index (χ2n) is 13.8. The summed E-state index contributed by atoms with van der Waals surface area (Å²) in [6.07, 6.45) is 21.4. The molecule has 0 spiro atoms. The van der Waals surface area contributed by atoms with Crippen LogP contribution >= 0.6 is 0 Å². The monoisotopic (exact) mass is 635 g/mol. The molecule has 0 aromatic heterocycles. The third-order valence-electron chi connectivity index (χ3n) is 10.2. The Morgan fingerprint density at radius 2 is 1.96 bits per heavy atom. The number of likely N-dealkylation sites (N-methyl/N-ethyl adjacent to an activating group) is 1. The molecular formula is C42H61N5. The predicted octanol–water partition coefficient (Wildman–Crippen LogP) is 9.17. The number of hydrogen-bond acceptors (Lipinski definition) is 4. The number of unbranched alkanes of at least 4 members (excludes halogenated alkanes) is 2. The number of hydrogen-bond donors (Lipinski definition) is 2. The molecule has 0 bridgehead atoms. The lowest BCUT2D eigenvalue weighted by Gasteiger charge is -2.44. The lowest BCUT2D eigenvalue weighted by atomic mass is 9.71. The molecule has 1 aromatic carbocycles. The summed E-state index contributed by atoms with van der Waals surface area (Å²) in [5.74, 6) is 3.48. The van der Waals surface area contributed by atoms with E-state index < -0.39 is 0 Å². The van der Waals surface area contributed by atoms with Gasteiger partial charge in [-0.2, -0.15) is 0 Å². The second-order valence-corrected chi connectivity index (χ2v) is 13.8. The molecule has 0 radical (unpaired) electrons. The van der Waals surface area contributed by atoms with Crippen LogP contribution < -0.4 is 10.6 Å². The first-order valence-electron chi connectivity index (χ1n) is 18.2. The number of rotatable bonds is 15. The van der Waals surface area contributed by atoms with E-state index in [1.54, 1.807) is 0 Å². The molecule has 2 heterocycles. The number of benzene rings is 1. The van der Waals surface area contributed by atoms with Gasteiger partial charge in [-0.25, -0.2) is 0 Å². The fraction of sp³-hybridized carbons (Fsp3) is 0.524. The van der Waals surface area contributed by atoms with Crippen molar-refractivity contribution in [2.24, 2.45) is 27.7 Å². The molecule has 0 fully saturated rings. The number of nitrogens with one attached hydrogen (secondary N) is 2. The van der Waals surface area contributed by atoms with Crippen molar-refractivity contribution in [1.29, 1.82) is 0 Å². The molecule has 5 nitrogen and oxygen atoms in total. The van der Waals surface area contributed by atoms with Gasteiger partial charge in [-0.15, -0.1) is 0 Å². The minimum atomic E-state index is 0.0935. The molecule has 2 aliphatic heterocycles. The molecule has 1 aliphatic carbocycles. The van der Waals surface area contributed by atoms with Gasteiger partial charge in [-0.05, 0) is 82.0 Å². The van der Waals surface area contributed by atoms with Gasteiger partial charge in [0.1, 0.15) is 11.7 Å². The normalized spacial score (nSPS) is 24.4. The van der Waals surface area contributed by atoms with Gasteiger partial charge < -0.3 is 15.5 Å². The van der Waals surface area contributed by atoms with E-state index in [0.29, 0.717) is 11.8 Å². The fourth-order valence-electron chi connectivity index (χ4n) is 7.27. The first kappa shape index (κ1) is 36.4. The smallest absolute Gasteiger partial charge is 0.129 e. The highest BCUT2D eigenvalue weighted by Crippen LogP contribution is 2.46. The average molecular weight is 636 g/mol. The molecule has 0 saturated heterocycles. The Balaban J connectivity index is 1.71. The number of aliphatic imine (C=N–C) groups is 2. The molecule has 254 valence electrons. The minimum Gasteiger partial charge on any atom is -0.360 e. The van der Waals surface area contributed by atoms with Crippen LogP contribution in [0.3, 0.4) is 0 Å². The SMILES string of the molecule is C=CC=CC(C)C(C)CNCCCN(C)C1=NC(C)C(c2ccccc2)C2=C1C(C1=CCCC=C1)/C(=C(\C)CCCCC)C(=NC)N2. The largest absolute Gasteiger partial charge is 0.360 e. The Morgan fingerprint density at radius 1 is 1.17 bits per heavy atom. The van der Waals surface area contributed by atoms with E-state index in [-0.39, 0.29) is 17.9 Å². The van der Waals surface area contributed by atoms with Crippen molar-refractivity contribution >= 4 is 11.7 Å². The van der Waals surface area contributed by atoms with E-state index in [2.05, 4.69) is 124 Å². The maximum atomic E-state index is 5.56. The lowest BCUT2D eigenvalue weighted by molar-refractivity contribution is 0.409. The summed E-state index contributed by atoms with van der Waals surface area (Å²) < 4.78 is 0. The topological polar surface area (TPSA) is 52.0 Å². The first-order valence-corrected chi connectivity index (χ1v) is 18.2. The zero-order valence-corrected chi connectivity index (χ0v) is 30.4. The summed E-state index contributed by atoms with van der Waals surface area (Å²) >= 11 is 0. The molecule has 2 N–H and O–H groups in total. The van der Waals surface area contributed by atoms with Crippen LogP contribution in [0.1, 0.15) is 91.0 Å². The summed E-state index contributed by atoms with van der Waals surface area (Å²) in [4.78, 5) is 12.9. The molecule has 47 heavy (non-hydrogen) atoms. The minimum absolute atomic E-state index is 0.0935. The molecule has 0 saturated carbocycles. The third-order valence-corrected chi connectivity index (χ3v) is 10.2. The van der Waals surface area contributed by atoms with Gasteiger partial charge in [0.05, 0.1) is 6.04 Å². The van der Waals surface area contributed by atoms with Gasteiger partial charge in [0, 0.05) is 49.3 Å². The van der Waals surface area contributed by atoms with Crippen molar-refractivity contribution in [2.75, 3.05) is 33.7 Å². The number of amidine groups is 2. The molecule has 5 atom stereocenters.